The first kappa shape index (κ1) is 21.8. The third kappa shape index (κ3) is 5.81. The molecule has 7 heteroatoms. The summed E-state index contributed by atoms with van der Waals surface area (Å²) < 4.78 is 7.52. The summed E-state index contributed by atoms with van der Waals surface area (Å²) in [5.74, 6) is 0.657. The van der Waals surface area contributed by atoms with Gasteiger partial charge < -0.3 is 10.1 Å². The molecule has 0 amide bonds. The molecule has 0 unspecified atom stereocenters. The smallest absolute Gasteiger partial charge is 0.259 e. The molecule has 0 atom stereocenters. The number of nitrogens with one attached hydrogen (secondary N) is 1. The SMILES string of the molecule is CCCCn1c(NCc2ccc(Cl)cc2)nc2c(c1=O)CN(COC(C)C)CC2. The lowest BCUT2D eigenvalue weighted by Gasteiger charge is -2.29. The molecule has 2 aromatic rings. The van der Waals surface area contributed by atoms with Crippen molar-refractivity contribution in [2.24, 2.45) is 0 Å². The first-order valence-electron chi connectivity index (χ1n) is 10.4. The molecule has 29 heavy (non-hydrogen) atoms. The molecule has 1 N–H and O–H groups in total. The monoisotopic (exact) mass is 418 g/mol. The largest absolute Gasteiger partial charge is 0.363 e. The summed E-state index contributed by atoms with van der Waals surface area (Å²) in [5.41, 5.74) is 2.87. The zero-order valence-electron chi connectivity index (χ0n) is 17.6. The molecule has 0 saturated heterocycles. The lowest BCUT2D eigenvalue weighted by atomic mass is 10.1. The minimum atomic E-state index is 0.0660. The molecule has 0 aliphatic carbocycles. The predicted molar refractivity (Wildman–Crippen MR) is 117 cm³/mol. The van der Waals surface area contributed by atoms with Crippen LogP contribution in [0.2, 0.25) is 5.02 Å². The van der Waals surface area contributed by atoms with Gasteiger partial charge in [0.05, 0.1) is 24.1 Å². The molecule has 3 rings (SSSR count). The molecular weight excluding hydrogens is 388 g/mol. The molecule has 0 spiro atoms. The van der Waals surface area contributed by atoms with Gasteiger partial charge in [-0.05, 0) is 38.0 Å². The Morgan fingerprint density at radius 2 is 2.03 bits per heavy atom. The topological polar surface area (TPSA) is 59.4 Å². The van der Waals surface area contributed by atoms with E-state index in [1.54, 1.807) is 4.57 Å². The number of anilines is 1. The van der Waals surface area contributed by atoms with Crippen LogP contribution in [0.15, 0.2) is 29.1 Å². The molecule has 6 nitrogen and oxygen atoms in total. The molecule has 0 radical (unpaired) electrons. The van der Waals surface area contributed by atoms with Crippen molar-refractivity contribution in [3.05, 3.63) is 56.5 Å². The van der Waals surface area contributed by atoms with E-state index in [1.165, 1.54) is 0 Å². The van der Waals surface area contributed by atoms with Crippen molar-refractivity contribution in [3.8, 4) is 0 Å². The summed E-state index contributed by atoms with van der Waals surface area (Å²) in [6, 6.07) is 7.71. The molecule has 0 fully saturated rings. The Balaban J connectivity index is 1.82. The van der Waals surface area contributed by atoms with Crippen LogP contribution in [0, 0.1) is 0 Å². The molecule has 0 saturated carbocycles. The standard InChI is InChI=1S/C22H31ClN4O2/c1-4-5-11-27-21(28)19-14-26(15-29-16(2)3)12-10-20(19)25-22(27)24-13-17-6-8-18(23)9-7-17/h6-9,16H,4-5,10-15H2,1-3H3,(H,24,25). The second-order valence-corrected chi connectivity index (χ2v) is 8.23. The molecule has 1 aromatic heterocycles. The van der Waals surface area contributed by atoms with Crippen molar-refractivity contribution < 1.29 is 4.74 Å². The Labute approximate surface area is 177 Å². The fraction of sp³-hybridized carbons (Fsp3) is 0.545. The lowest BCUT2D eigenvalue weighted by molar-refractivity contribution is -0.0130. The molecule has 1 aliphatic rings. The summed E-state index contributed by atoms with van der Waals surface area (Å²) in [6.45, 7) is 9.43. The van der Waals surface area contributed by atoms with Gasteiger partial charge in [-0.3, -0.25) is 14.3 Å². The van der Waals surface area contributed by atoms with Crippen LogP contribution >= 0.6 is 11.6 Å². The van der Waals surface area contributed by atoms with Crippen molar-refractivity contribution >= 4 is 17.5 Å². The number of unbranched alkanes of at least 4 members (excludes halogenated alkanes) is 1. The highest BCUT2D eigenvalue weighted by atomic mass is 35.5. The average molecular weight is 419 g/mol. The molecule has 2 heterocycles. The molecule has 158 valence electrons. The summed E-state index contributed by atoms with van der Waals surface area (Å²) in [4.78, 5) is 20.3. The third-order valence-corrected chi connectivity index (χ3v) is 5.34. The second-order valence-electron chi connectivity index (χ2n) is 7.80. The fourth-order valence-corrected chi connectivity index (χ4v) is 3.50. The van der Waals surface area contributed by atoms with Crippen molar-refractivity contribution in [2.45, 2.75) is 65.8 Å². The van der Waals surface area contributed by atoms with Crippen LogP contribution in [0.3, 0.4) is 0 Å². The van der Waals surface area contributed by atoms with Gasteiger partial charge in [0, 0.05) is 37.6 Å². The van der Waals surface area contributed by atoms with E-state index in [4.69, 9.17) is 21.3 Å². The van der Waals surface area contributed by atoms with Gasteiger partial charge in [0.2, 0.25) is 5.95 Å². The molecule has 0 bridgehead atoms. The number of rotatable bonds is 9. The maximum absolute atomic E-state index is 13.3. The summed E-state index contributed by atoms with van der Waals surface area (Å²) in [6.07, 6.45) is 2.90. The first-order chi connectivity index (χ1) is 14.0. The average Bonchev–Trinajstić information content (AvgIpc) is 2.71. The van der Waals surface area contributed by atoms with Gasteiger partial charge in [-0.25, -0.2) is 4.98 Å². The number of nitrogens with zero attached hydrogens (tertiary/aromatic N) is 3. The van der Waals surface area contributed by atoms with E-state index in [9.17, 15) is 4.79 Å². The highest BCUT2D eigenvalue weighted by Crippen LogP contribution is 2.18. The Bertz CT molecular complexity index is 864. The van der Waals surface area contributed by atoms with E-state index < -0.39 is 0 Å². The van der Waals surface area contributed by atoms with E-state index in [1.807, 2.05) is 38.1 Å². The van der Waals surface area contributed by atoms with Gasteiger partial charge in [-0.1, -0.05) is 37.1 Å². The number of hydrogen-bond donors (Lipinski definition) is 1. The number of ether oxygens (including phenoxy) is 1. The normalized spacial score (nSPS) is 14.2. The van der Waals surface area contributed by atoms with E-state index in [0.717, 1.165) is 42.6 Å². The zero-order valence-corrected chi connectivity index (χ0v) is 18.3. The molecule has 1 aromatic carbocycles. The predicted octanol–water partition coefficient (Wildman–Crippen LogP) is 4.05. The van der Waals surface area contributed by atoms with Crippen molar-refractivity contribution in [2.75, 3.05) is 18.6 Å². The van der Waals surface area contributed by atoms with Gasteiger partial charge in [0.25, 0.3) is 5.56 Å². The quantitative estimate of drug-likeness (QED) is 0.665. The first-order valence-corrected chi connectivity index (χ1v) is 10.8. The van der Waals surface area contributed by atoms with E-state index in [0.29, 0.717) is 37.3 Å². The Morgan fingerprint density at radius 1 is 1.28 bits per heavy atom. The van der Waals surface area contributed by atoms with Crippen LogP contribution in [-0.2, 0) is 30.8 Å². The minimum absolute atomic E-state index is 0.0660. The summed E-state index contributed by atoms with van der Waals surface area (Å²) in [5, 5.41) is 4.09. The molecule has 1 aliphatic heterocycles. The zero-order chi connectivity index (χ0) is 20.8. The van der Waals surface area contributed by atoms with Crippen molar-refractivity contribution in [3.63, 3.8) is 0 Å². The van der Waals surface area contributed by atoms with E-state index in [-0.39, 0.29) is 11.7 Å². The number of benzene rings is 1. The number of fused-ring (bicyclic) bond motifs is 1. The van der Waals surface area contributed by atoms with Gasteiger partial charge >= 0.3 is 0 Å². The minimum Gasteiger partial charge on any atom is -0.363 e. The van der Waals surface area contributed by atoms with Crippen molar-refractivity contribution in [1.29, 1.82) is 0 Å². The molecular formula is C22H31ClN4O2. The highest BCUT2D eigenvalue weighted by molar-refractivity contribution is 6.30. The van der Waals surface area contributed by atoms with E-state index >= 15 is 0 Å². The third-order valence-electron chi connectivity index (χ3n) is 5.08. The van der Waals surface area contributed by atoms with Gasteiger partial charge in [-0.15, -0.1) is 0 Å². The van der Waals surface area contributed by atoms with Crippen LogP contribution in [0.4, 0.5) is 5.95 Å². The maximum atomic E-state index is 13.3. The van der Waals surface area contributed by atoms with E-state index in [2.05, 4.69) is 17.1 Å². The van der Waals surface area contributed by atoms with Crippen LogP contribution in [0.5, 0.6) is 0 Å². The van der Waals surface area contributed by atoms with Crippen LogP contribution < -0.4 is 10.9 Å². The Kier molecular flexibility index (Phi) is 7.70. The fourth-order valence-electron chi connectivity index (χ4n) is 3.38. The van der Waals surface area contributed by atoms with Crippen LogP contribution in [0.1, 0.15) is 50.4 Å². The lowest BCUT2D eigenvalue weighted by Crippen LogP contribution is -2.40. The highest BCUT2D eigenvalue weighted by Gasteiger charge is 2.23. The maximum Gasteiger partial charge on any atom is 0.259 e. The van der Waals surface area contributed by atoms with Gasteiger partial charge in [0.15, 0.2) is 0 Å². The summed E-state index contributed by atoms with van der Waals surface area (Å²) in [7, 11) is 0. The Morgan fingerprint density at radius 3 is 2.72 bits per heavy atom. The van der Waals surface area contributed by atoms with Crippen LogP contribution in [0.25, 0.3) is 0 Å². The second kappa shape index (κ2) is 10.2. The Hall–Kier alpha value is -1.89. The van der Waals surface area contributed by atoms with Crippen LogP contribution in [-0.4, -0.2) is 33.8 Å². The number of halogens is 1. The summed E-state index contributed by atoms with van der Waals surface area (Å²) >= 11 is 5.97. The number of aromatic nitrogens is 2. The van der Waals surface area contributed by atoms with Gasteiger partial charge in [-0.2, -0.15) is 0 Å². The number of hydrogen-bond acceptors (Lipinski definition) is 5. The van der Waals surface area contributed by atoms with Crippen molar-refractivity contribution in [1.82, 2.24) is 14.5 Å². The van der Waals surface area contributed by atoms with Gasteiger partial charge in [0.1, 0.15) is 0 Å².